The zero-order valence-electron chi connectivity index (χ0n) is 13.4. The summed E-state index contributed by atoms with van der Waals surface area (Å²) in [6, 6.07) is 8.06. The maximum atomic E-state index is 12.9. The lowest BCUT2D eigenvalue weighted by Gasteiger charge is -2.12. The van der Waals surface area contributed by atoms with Crippen LogP contribution in [0.2, 0.25) is 5.02 Å². The van der Waals surface area contributed by atoms with Gasteiger partial charge >= 0.3 is 5.97 Å². The van der Waals surface area contributed by atoms with Gasteiger partial charge < -0.3 is 10.5 Å². The molecule has 0 spiro atoms. The van der Waals surface area contributed by atoms with Crippen LogP contribution < -0.4 is 10.5 Å². The van der Waals surface area contributed by atoms with E-state index in [1.165, 1.54) is 31.2 Å². The Bertz CT molecular complexity index is 948. The average Bonchev–Trinajstić information content (AvgIpc) is 2.56. The molecule has 10 heteroatoms. The van der Waals surface area contributed by atoms with Gasteiger partial charge in [-0.2, -0.15) is 0 Å². The Hall–Kier alpha value is -2.65. The van der Waals surface area contributed by atoms with E-state index in [2.05, 4.69) is 4.72 Å². The quantitative estimate of drug-likeness (QED) is 0.722. The topological polar surface area (TPSA) is 116 Å². The van der Waals surface area contributed by atoms with E-state index >= 15 is 0 Å². The van der Waals surface area contributed by atoms with E-state index in [-0.39, 0.29) is 21.2 Å². The molecule has 0 aliphatic heterocycles. The van der Waals surface area contributed by atoms with E-state index in [9.17, 15) is 22.4 Å². The van der Waals surface area contributed by atoms with Crippen LogP contribution >= 0.6 is 11.6 Å². The fourth-order valence-electron chi connectivity index (χ4n) is 1.84. The molecule has 138 valence electrons. The molecule has 2 aromatic carbocycles. The van der Waals surface area contributed by atoms with E-state index in [4.69, 9.17) is 22.1 Å². The first-order valence-electron chi connectivity index (χ1n) is 7.18. The first kappa shape index (κ1) is 19.7. The second-order valence-corrected chi connectivity index (χ2v) is 7.29. The number of rotatable bonds is 6. The number of carbonyl (C=O) groups is 2. The Kier molecular flexibility index (Phi) is 5.83. The Balaban J connectivity index is 2.31. The number of nitrogens with one attached hydrogen (secondary N) is 1. The number of hydrogen-bond donors (Lipinski definition) is 2. The van der Waals surface area contributed by atoms with Crippen molar-refractivity contribution < 1.29 is 27.1 Å². The molecule has 0 aliphatic rings. The van der Waals surface area contributed by atoms with Gasteiger partial charge in [0.15, 0.2) is 6.10 Å². The summed E-state index contributed by atoms with van der Waals surface area (Å²) in [5.41, 5.74) is 4.90. The van der Waals surface area contributed by atoms with Crippen LogP contribution in [0.1, 0.15) is 17.3 Å². The minimum Gasteiger partial charge on any atom is -0.449 e. The SMILES string of the molecule is C[C@@H](OC(=O)c1cc(S(=O)(=O)Nc2ccc(F)cc2)ccc1Cl)C(N)=O. The fraction of sp³-hybridized carbons (Fsp3) is 0.125. The summed E-state index contributed by atoms with van der Waals surface area (Å²) in [5, 5.41) is -0.0626. The maximum Gasteiger partial charge on any atom is 0.340 e. The van der Waals surface area contributed by atoms with Gasteiger partial charge in [0, 0.05) is 5.69 Å². The molecule has 0 saturated heterocycles. The van der Waals surface area contributed by atoms with Gasteiger partial charge in [-0.15, -0.1) is 0 Å². The zero-order chi connectivity index (χ0) is 19.5. The monoisotopic (exact) mass is 400 g/mol. The molecule has 0 unspecified atom stereocenters. The van der Waals surface area contributed by atoms with Gasteiger partial charge in [0.05, 0.1) is 15.5 Å². The number of amides is 1. The van der Waals surface area contributed by atoms with Crippen LogP contribution in [0.5, 0.6) is 0 Å². The summed E-state index contributed by atoms with van der Waals surface area (Å²) in [4.78, 5) is 22.8. The highest BCUT2D eigenvalue weighted by Crippen LogP contribution is 2.23. The van der Waals surface area contributed by atoms with Crippen molar-refractivity contribution in [3.05, 3.63) is 58.9 Å². The summed E-state index contributed by atoms with van der Waals surface area (Å²) >= 11 is 5.91. The van der Waals surface area contributed by atoms with Gasteiger partial charge in [-0.05, 0) is 49.4 Å². The highest BCUT2D eigenvalue weighted by atomic mass is 35.5. The van der Waals surface area contributed by atoms with E-state index in [0.29, 0.717) is 0 Å². The highest BCUT2D eigenvalue weighted by molar-refractivity contribution is 7.92. The predicted molar refractivity (Wildman–Crippen MR) is 92.7 cm³/mol. The fourth-order valence-corrected chi connectivity index (χ4v) is 3.12. The summed E-state index contributed by atoms with van der Waals surface area (Å²) in [7, 11) is -4.07. The minimum atomic E-state index is -4.07. The van der Waals surface area contributed by atoms with E-state index in [1.807, 2.05) is 0 Å². The van der Waals surface area contributed by atoms with Crippen LogP contribution in [0, 0.1) is 5.82 Å². The van der Waals surface area contributed by atoms with Gasteiger partial charge in [0.2, 0.25) is 0 Å². The lowest BCUT2D eigenvalue weighted by Crippen LogP contribution is -2.30. The molecule has 0 fully saturated rings. The number of sulfonamides is 1. The average molecular weight is 401 g/mol. The van der Waals surface area contributed by atoms with Gasteiger partial charge in [0.25, 0.3) is 15.9 Å². The van der Waals surface area contributed by atoms with E-state index in [0.717, 1.165) is 18.2 Å². The Morgan fingerprint density at radius 3 is 2.38 bits per heavy atom. The molecule has 0 bridgehead atoms. The smallest absolute Gasteiger partial charge is 0.340 e. The van der Waals surface area contributed by atoms with Crippen molar-refractivity contribution in [1.82, 2.24) is 0 Å². The van der Waals surface area contributed by atoms with Gasteiger partial charge in [-0.25, -0.2) is 17.6 Å². The lowest BCUT2D eigenvalue weighted by molar-refractivity contribution is -0.125. The number of esters is 1. The van der Waals surface area contributed by atoms with Crippen molar-refractivity contribution in [3.63, 3.8) is 0 Å². The molecule has 2 rings (SSSR count). The predicted octanol–water partition coefficient (Wildman–Crippen LogP) is 2.31. The number of halogens is 2. The van der Waals surface area contributed by atoms with Crippen molar-refractivity contribution in [2.45, 2.75) is 17.9 Å². The first-order chi connectivity index (χ1) is 12.1. The third kappa shape index (κ3) is 4.70. The molecule has 0 saturated carbocycles. The number of carbonyl (C=O) groups excluding carboxylic acids is 2. The van der Waals surface area contributed by atoms with Gasteiger partial charge in [-0.3, -0.25) is 9.52 Å². The largest absolute Gasteiger partial charge is 0.449 e. The number of hydrogen-bond acceptors (Lipinski definition) is 5. The molecule has 7 nitrogen and oxygen atoms in total. The molecule has 1 atom stereocenters. The Morgan fingerprint density at radius 2 is 1.81 bits per heavy atom. The van der Waals surface area contributed by atoms with Crippen LogP contribution in [-0.4, -0.2) is 26.4 Å². The molecule has 3 N–H and O–H groups in total. The van der Waals surface area contributed by atoms with Gasteiger partial charge in [-0.1, -0.05) is 11.6 Å². The highest BCUT2D eigenvalue weighted by Gasteiger charge is 2.22. The van der Waals surface area contributed by atoms with Gasteiger partial charge in [0.1, 0.15) is 5.82 Å². The summed E-state index contributed by atoms with van der Waals surface area (Å²) < 4.78 is 44.8. The molecule has 1 amide bonds. The van der Waals surface area contributed by atoms with Crippen molar-refractivity contribution in [2.75, 3.05) is 4.72 Å². The molecule has 0 aromatic heterocycles. The van der Waals surface area contributed by atoms with Crippen molar-refractivity contribution >= 4 is 39.2 Å². The summed E-state index contributed by atoms with van der Waals surface area (Å²) in [6.07, 6.45) is -1.21. The molecule has 0 aliphatic carbocycles. The second kappa shape index (κ2) is 7.71. The summed E-state index contributed by atoms with van der Waals surface area (Å²) in [6.45, 7) is 1.27. The Labute approximate surface area is 154 Å². The lowest BCUT2D eigenvalue weighted by atomic mass is 10.2. The van der Waals surface area contributed by atoms with Crippen molar-refractivity contribution in [3.8, 4) is 0 Å². The minimum absolute atomic E-state index is 0.0626. The molecule has 0 heterocycles. The molecule has 2 aromatic rings. The number of primary amides is 1. The van der Waals surface area contributed by atoms with Crippen molar-refractivity contribution in [2.24, 2.45) is 5.73 Å². The number of benzene rings is 2. The molecule has 26 heavy (non-hydrogen) atoms. The molecular formula is C16H14ClFN2O5S. The number of ether oxygens (including phenoxy) is 1. The zero-order valence-corrected chi connectivity index (χ0v) is 15.0. The Morgan fingerprint density at radius 1 is 1.19 bits per heavy atom. The van der Waals surface area contributed by atoms with Crippen LogP contribution in [0.15, 0.2) is 47.4 Å². The third-order valence-corrected chi connectivity index (χ3v) is 4.96. The van der Waals surface area contributed by atoms with E-state index < -0.39 is 33.8 Å². The van der Waals surface area contributed by atoms with Crippen LogP contribution in [-0.2, 0) is 19.6 Å². The maximum absolute atomic E-state index is 12.9. The number of nitrogens with two attached hydrogens (primary N) is 1. The normalized spacial score (nSPS) is 12.3. The first-order valence-corrected chi connectivity index (χ1v) is 9.04. The van der Waals surface area contributed by atoms with E-state index in [1.54, 1.807) is 0 Å². The second-order valence-electron chi connectivity index (χ2n) is 5.20. The molecule has 0 radical (unpaired) electrons. The van der Waals surface area contributed by atoms with Crippen molar-refractivity contribution in [1.29, 1.82) is 0 Å². The third-order valence-electron chi connectivity index (χ3n) is 3.25. The molecular weight excluding hydrogens is 387 g/mol. The van der Waals surface area contributed by atoms with Crippen LogP contribution in [0.4, 0.5) is 10.1 Å². The van der Waals surface area contributed by atoms with Crippen LogP contribution in [0.3, 0.4) is 0 Å². The summed E-state index contributed by atoms with van der Waals surface area (Å²) in [5.74, 6) is -2.38. The number of anilines is 1. The standard InChI is InChI=1S/C16H14ClFN2O5S/c1-9(15(19)21)25-16(22)13-8-12(6-7-14(13)17)26(23,24)20-11-4-2-10(18)3-5-11/h2-9,20H,1H3,(H2,19,21)/t9-/m1/s1. The van der Waals surface area contributed by atoms with Crippen LogP contribution in [0.25, 0.3) is 0 Å².